The molecule has 0 heterocycles. The molecule has 0 rings (SSSR count). The van der Waals surface area contributed by atoms with Crippen molar-refractivity contribution in [3.05, 3.63) is 0 Å². The molecule has 0 unspecified atom stereocenters. The maximum atomic E-state index is 11.5. The molecule has 0 aromatic heterocycles. The van der Waals surface area contributed by atoms with Crippen LogP contribution < -0.4 is 16.8 Å². The fraction of sp³-hybridized carbons (Fsp3) is 0.905. The molecule has 0 saturated carbocycles. The maximum Gasteiger partial charge on any atom is 0.223 e. The molecule has 0 atom stereocenters. The number of amides is 2. The second kappa shape index (κ2) is 18.7. The van der Waals surface area contributed by atoms with Crippen LogP contribution in [0.25, 0.3) is 0 Å². The Balaban J connectivity index is -0.000000158. The number of hydrogen-bond donors (Lipinski definition) is 3. The van der Waals surface area contributed by atoms with Crippen LogP contribution in [0.2, 0.25) is 0 Å². The van der Waals surface area contributed by atoms with Gasteiger partial charge < -0.3 is 16.8 Å². The first kappa shape index (κ1) is 32.6. The van der Waals surface area contributed by atoms with E-state index in [1.54, 1.807) is 0 Å². The predicted octanol–water partition coefficient (Wildman–Crippen LogP) is 4.05. The van der Waals surface area contributed by atoms with E-state index < -0.39 is 0 Å². The Labute approximate surface area is 164 Å². The molecule has 5 nitrogen and oxygen atoms in total. The molecule has 160 valence electrons. The lowest BCUT2D eigenvalue weighted by Gasteiger charge is -2.23. The van der Waals surface area contributed by atoms with Crippen LogP contribution in [0.5, 0.6) is 0 Å². The minimum atomic E-state index is -0.176. The summed E-state index contributed by atoms with van der Waals surface area (Å²) in [6.07, 6.45) is 0. The van der Waals surface area contributed by atoms with Crippen molar-refractivity contribution >= 4 is 11.8 Å². The topological polar surface area (TPSA) is 98.2 Å². The van der Waals surface area contributed by atoms with Crippen LogP contribution in [-0.4, -0.2) is 24.9 Å². The Bertz CT molecular complexity index is 324. The molecular weight excluding hydrogens is 326 g/mol. The fourth-order valence-corrected chi connectivity index (χ4v) is 3.09. The molecule has 0 bridgehead atoms. The van der Waals surface area contributed by atoms with Gasteiger partial charge in [-0.05, 0) is 37.1 Å². The number of carbonyl (C=O) groups excluding carboxylic acids is 2. The first-order valence-corrected chi connectivity index (χ1v) is 9.65. The highest BCUT2D eigenvalue weighted by Gasteiger charge is 2.24. The van der Waals surface area contributed by atoms with Crippen molar-refractivity contribution in [1.82, 2.24) is 5.32 Å². The number of nitrogens with one attached hydrogen (secondary N) is 1. The molecule has 0 aromatic rings. The largest absolute Gasteiger partial charge is 0.369 e. The molecule has 5 heteroatoms. The van der Waals surface area contributed by atoms with Crippen LogP contribution >= 0.6 is 0 Å². The van der Waals surface area contributed by atoms with Crippen molar-refractivity contribution in [2.45, 2.75) is 76.7 Å². The number of carbonyl (C=O) groups is 2. The molecule has 2 amide bonds. The smallest absolute Gasteiger partial charge is 0.223 e. The lowest BCUT2D eigenvalue weighted by Crippen LogP contribution is -2.36. The third-order valence-electron chi connectivity index (χ3n) is 3.86. The summed E-state index contributed by atoms with van der Waals surface area (Å²) < 4.78 is 0. The van der Waals surface area contributed by atoms with Crippen LogP contribution in [0.15, 0.2) is 0 Å². The predicted molar refractivity (Wildman–Crippen MR) is 116 cm³/mol. The van der Waals surface area contributed by atoms with Gasteiger partial charge in [0.2, 0.25) is 11.8 Å². The molecular formula is C21H49N3O2. The molecule has 0 saturated heterocycles. The Morgan fingerprint density at radius 2 is 1.04 bits per heavy atom. The lowest BCUT2D eigenvalue weighted by atomic mass is 9.85. The van der Waals surface area contributed by atoms with Gasteiger partial charge in [0.25, 0.3) is 0 Å². The maximum absolute atomic E-state index is 11.5. The lowest BCUT2D eigenvalue weighted by molar-refractivity contribution is -0.127. The average molecular weight is 376 g/mol. The number of primary amides is 1. The normalized spacial score (nSPS) is 10.3. The number of rotatable bonds is 7. The van der Waals surface area contributed by atoms with Gasteiger partial charge in [0.05, 0.1) is 0 Å². The first-order valence-electron chi connectivity index (χ1n) is 9.65. The summed E-state index contributed by atoms with van der Waals surface area (Å²) in [6, 6.07) is 0. The van der Waals surface area contributed by atoms with Gasteiger partial charge in [-0.1, -0.05) is 69.7 Å². The highest BCUT2D eigenvalue weighted by atomic mass is 16.2. The zero-order valence-corrected chi connectivity index (χ0v) is 18.3. The number of nitrogens with two attached hydrogens (primary N) is 2. The quantitative estimate of drug-likeness (QED) is 0.626. The molecule has 26 heavy (non-hydrogen) atoms. The first-order chi connectivity index (χ1) is 11.4. The molecule has 0 fully saturated rings. The third kappa shape index (κ3) is 16.4. The van der Waals surface area contributed by atoms with Crippen LogP contribution in [0.1, 0.15) is 76.7 Å². The Kier molecular flexibility index (Phi) is 23.4. The van der Waals surface area contributed by atoms with E-state index in [1.165, 1.54) is 0 Å². The van der Waals surface area contributed by atoms with Crippen molar-refractivity contribution in [1.29, 1.82) is 0 Å². The van der Waals surface area contributed by atoms with Gasteiger partial charge in [0, 0.05) is 18.4 Å². The van der Waals surface area contributed by atoms with Gasteiger partial charge in [0.15, 0.2) is 0 Å². The van der Waals surface area contributed by atoms with Crippen molar-refractivity contribution in [3.8, 4) is 0 Å². The second-order valence-corrected chi connectivity index (χ2v) is 7.73. The van der Waals surface area contributed by atoms with Crippen molar-refractivity contribution in [3.63, 3.8) is 0 Å². The van der Waals surface area contributed by atoms with E-state index in [0.717, 1.165) is 13.1 Å². The molecule has 0 spiro atoms. The Morgan fingerprint density at radius 3 is 1.15 bits per heavy atom. The van der Waals surface area contributed by atoms with Gasteiger partial charge in [-0.3, -0.25) is 9.59 Å². The second-order valence-electron chi connectivity index (χ2n) is 7.73. The highest BCUT2D eigenvalue weighted by molar-refractivity contribution is 5.79. The third-order valence-corrected chi connectivity index (χ3v) is 3.86. The highest BCUT2D eigenvalue weighted by Crippen LogP contribution is 2.20. The van der Waals surface area contributed by atoms with E-state index in [1.807, 2.05) is 41.5 Å². The van der Waals surface area contributed by atoms with Gasteiger partial charge in [-0.15, -0.1) is 0 Å². The van der Waals surface area contributed by atoms with Gasteiger partial charge >= 0.3 is 0 Å². The minimum absolute atomic E-state index is 0. The van der Waals surface area contributed by atoms with E-state index in [2.05, 4.69) is 33.0 Å². The van der Waals surface area contributed by atoms with Crippen LogP contribution in [0.4, 0.5) is 0 Å². The summed E-state index contributed by atoms with van der Waals surface area (Å²) in [5, 5.41) is 2.87. The molecule has 0 aliphatic carbocycles. The molecule has 0 radical (unpaired) electrons. The van der Waals surface area contributed by atoms with Crippen LogP contribution in [0, 0.1) is 35.5 Å². The van der Waals surface area contributed by atoms with Gasteiger partial charge in [-0.25, -0.2) is 0 Å². The minimum Gasteiger partial charge on any atom is -0.369 e. The molecule has 0 aromatic carbocycles. The summed E-state index contributed by atoms with van der Waals surface area (Å²) in [4.78, 5) is 22.3. The van der Waals surface area contributed by atoms with Gasteiger partial charge in [-0.2, -0.15) is 0 Å². The summed E-state index contributed by atoms with van der Waals surface area (Å²) in [6.45, 7) is 21.8. The van der Waals surface area contributed by atoms with Crippen LogP contribution in [0.3, 0.4) is 0 Å². The Morgan fingerprint density at radius 1 is 0.769 bits per heavy atom. The van der Waals surface area contributed by atoms with Crippen molar-refractivity contribution in [2.75, 3.05) is 13.1 Å². The molecule has 5 N–H and O–H groups in total. The average Bonchev–Trinajstić information content (AvgIpc) is 2.37. The van der Waals surface area contributed by atoms with E-state index in [9.17, 15) is 9.59 Å². The zero-order chi connectivity index (χ0) is 20.7. The molecule has 0 aliphatic rings. The fourth-order valence-electron chi connectivity index (χ4n) is 3.09. The Hall–Kier alpha value is -1.10. The monoisotopic (exact) mass is 375 g/mol. The number of hydrogen-bond acceptors (Lipinski definition) is 3. The zero-order valence-electron chi connectivity index (χ0n) is 18.3. The van der Waals surface area contributed by atoms with E-state index >= 15 is 0 Å². The van der Waals surface area contributed by atoms with Gasteiger partial charge in [0.1, 0.15) is 0 Å². The standard InChI is InChI=1S/C10H21NO.C8H17NO.C2H7N.CH4/c1-6-11-10(12)9(7(2)3)8(4)5;1-5(2)7(6(3)4)8(9)10;1-2-3;/h7-9H,6H2,1-5H3,(H,11,12);5-7H,1-4H3,(H2,9,10);2-3H2,1H3;1H4. The molecule has 0 aliphatic heterocycles. The summed E-state index contributed by atoms with van der Waals surface area (Å²) in [5.74, 6) is 1.78. The van der Waals surface area contributed by atoms with E-state index in [4.69, 9.17) is 11.5 Å². The SMILES string of the molecule is C.CC(C)C(C(N)=O)C(C)C.CCN.CCNC(=O)C(C(C)C)C(C)C. The van der Waals surface area contributed by atoms with E-state index in [-0.39, 0.29) is 31.1 Å². The van der Waals surface area contributed by atoms with Crippen molar-refractivity contribution < 1.29 is 9.59 Å². The summed E-state index contributed by atoms with van der Waals surface area (Å²) >= 11 is 0. The summed E-state index contributed by atoms with van der Waals surface area (Å²) in [7, 11) is 0. The summed E-state index contributed by atoms with van der Waals surface area (Å²) in [5.41, 5.74) is 10.0. The van der Waals surface area contributed by atoms with Crippen LogP contribution in [-0.2, 0) is 9.59 Å². The van der Waals surface area contributed by atoms with E-state index in [0.29, 0.717) is 23.7 Å². The van der Waals surface area contributed by atoms with Crippen molar-refractivity contribution in [2.24, 2.45) is 47.0 Å².